The zero-order valence-electron chi connectivity index (χ0n) is 6.17. The Kier molecular flexibility index (Phi) is 1.75. The van der Waals surface area contributed by atoms with Crippen LogP contribution < -0.4 is 0 Å². The fourth-order valence-electron chi connectivity index (χ4n) is 1.07. The molecule has 2 rings (SSSR count). The number of phenols is 2. The molecule has 13 heavy (non-hydrogen) atoms. The molecule has 4 nitrogen and oxygen atoms in total. The van der Waals surface area contributed by atoms with Gasteiger partial charge in [0.25, 0.3) is 0 Å². The summed E-state index contributed by atoms with van der Waals surface area (Å²) in [7, 11) is 0. The molecule has 0 unspecified atom stereocenters. The first-order valence-electron chi connectivity index (χ1n) is 3.35. The van der Waals surface area contributed by atoms with Crippen molar-refractivity contribution >= 4 is 34.2 Å². The monoisotopic (exact) mass is 218 g/mol. The van der Waals surface area contributed by atoms with Crippen LogP contribution in [0.4, 0.5) is 0 Å². The quantitative estimate of drug-likeness (QED) is 0.595. The third-order valence-corrected chi connectivity index (χ3v) is 2.54. The first-order valence-corrected chi connectivity index (χ1v) is 4.10. The lowest BCUT2D eigenvalue weighted by molar-refractivity contribution is 0.408. The summed E-state index contributed by atoms with van der Waals surface area (Å²) in [5, 5.41) is 18.7. The Balaban J connectivity index is 3.02. The van der Waals surface area contributed by atoms with Crippen molar-refractivity contribution in [2.45, 2.75) is 0 Å². The zero-order valence-corrected chi connectivity index (χ0v) is 7.69. The van der Waals surface area contributed by atoms with Gasteiger partial charge in [-0.1, -0.05) is 23.2 Å². The molecule has 0 aliphatic carbocycles. The number of imidazole rings is 1. The van der Waals surface area contributed by atoms with E-state index in [2.05, 4.69) is 9.97 Å². The molecule has 0 bridgehead atoms. The van der Waals surface area contributed by atoms with Crippen molar-refractivity contribution in [3.8, 4) is 11.5 Å². The van der Waals surface area contributed by atoms with E-state index in [1.54, 1.807) is 0 Å². The van der Waals surface area contributed by atoms with Gasteiger partial charge in [-0.3, -0.25) is 0 Å². The standard InChI is InChI=1S/C7H4Cl2N2O2/c8-2-3(9)6(12)7(13)5-4(2)10-1-11-5/h1,12-13H,(H,10,11). The molecule has 1 heterocycles. The molecule has 0 saturated heterocycles. The number of aromatic nitrogens is 2. The van der Waals surface area contributed by atoms with Gasteiger partial charge in [-0.15, -0.1) is 0 Å². The summed E-state index contributed by atoms with van der Waals surface area (Å²) in [5.74, 6) is -0.787. The van der Waals surface area contributed by atoms with Gasteiger partial charge in [0.2, 0.25) is 0 Å². The maximum absolute atomic E-state index is 9.39. The highest BCUT2D eigenvalue weighted by Crippen LogP contribution is 2.43. The molecular formula is C7H4Cl2N2O2. The zero-order chi connectivity index (χ0) is 9.59. The molecule has 1 aromatic carbocycles. The van der Waals surface area contributed by atoms with Gasteiger partial charge in [0, 0.05) is 0 Å². The predicted molar refractivity (Wildman–Crippen MR) is 49.4 cm³/mol. The number of benzene rings is 1. The number of nitrogens with zero attached hydrogens (tertiary/aromatic N) is 1. The van der Waals surface area contributed by atoms with E-state index in [0.29, 0.717) is 5.52 Å². The van der Waals surface area contributed by atoms with Crippen LogP contribution in [0.1, 0.15) is 0 Å². The first-order chi connectivity index (χ1) is 6.13. The molecular weight excluding hydrogens is 215 g/mol. The van der Waals surface area contributed by atoms with E-state index in [9.17, 15) is 10.2 Å². The predicted octanol–water partition coefficient (Wildman–Crippen LogP) is 2.28. The second-order valence-electron chi connectivity index (χ2n) is 2.45. The van der Waals surface area contributed by atoms with Crippen molar-refractivity contribution < 1.29 is 10.2 Å². The summed E-state index contributed by atoms with van der Waals surface area (Å²) in [6.45, 7) is 0. The number of halogens is 2. The SMILES string of the molecule is Oc1c(Cl)c(Cl)c2nc[nH]c2c1O. The molecule has 6 heteroatoms. The van der Waals surface area contributed by atoms with Crippen molar-refractivity contribution in [3.05, 3.63) is 16.4 Å². The number of rotatable bonds is 0. The van der Waals surface area contributed by atoms with Gasteiger partial charge in [-0.25, -0.2) is 4.98 Å². The Morgan fingerprint density at radius 2 is 1.85 bits per heavy atom. The summed E-state index contributed by atoms with van der Waals surface area (Å²) in [6.07, 6.45) is 1.35. The van der Waals surface area contributed by atoms with Crippen molar-refractivity contribution in [1.82, 2.24) is 9.97 Å². The van der Waals surface area contributed by atoms with Gasteiger partial charge >= 0.3 is 0 Å². The fourth-order valence-corrected chi connectivity index (χ4v) is 1.48. The van der Waals surface area contributed by atoms with Gasteiger partial charge in [-0.05, 0) is 0 Å². The average Bonchev–Trinajstić information content (AvgIpc) is 2.59. The van der Waals surface area contributed by atoms with Crippen LogP contribution in [-0.2, 0) is 0 Å². The number of hydrogen-bond donors (Lipinski definition) is 3. The molecule has 0 radical (unpaired) electrons. The summed E-state index contributed by atoms with van der Waals surface area (Å²) in [5.41, 5.74) is 0.605. The molecule has 2 aromatic rings. The lowest BCUT2D eigenvalue weighted by atomic mass is 10.2. The van der Waals surface area contributed by atoms with Crippen molar-refractivity contribution in [1.29, 1.82) is 0 Å². The first kappa shape index (κ1) is 8.47. The molecule has 0 aliphatic rings. The minimum Gasteiger partial charge on any atom is -0.503 e. The Morgan fingerprint density at radius 3 is 2.54 bits per heavy atom. The Bertz CT molecular complexity index is 439. The minimum absolute atomic E-state index is 0.0984. The van der Waals surface area contributed by atoms with Crippen LogP contribution >= 0.6 is 23.2 Å². The number of nitrogens with one attached hydrogen (secondary N) is 1. The van der Waals surface area contributed by atoms with Gasteiger partial charge in [0.05, 0.1) is 11.3 Å². The number of hydrogen-bond acceptors (Lipinski definition) is 3. The van der Waals surface area contributed by atoms with E-state index < -0.39 is 5.75 Å². The van der Waals surface area contributed by atoms with Crippen molar-refractivity contribution in [2.75, 3.05) is 0 Å². The maximum Gasteiger partial charge on any atom is 0.185 e. The van der Waals surface area contributed by atoms with E-state index in [4.69, 9.17) is 23.2 Å². The van der Waals surface area contributed by atoms with Crippen molar-refractivity contribution in [2.24, 2.45) is 0 Å². The lowest BCUT2D eigenvalue weighted by Gasteiger charge is -2.03. The number of fused-ring (bicyclic) bond motifs is 1. The molecule has 1 aromatic heterocycles. The number of H-pyrrole nitrogens is 1. The highest BCUT2D eigenvalue weighted by atomic mass is 35.5. The summed E-state index contributed by atoms with van der Waals surface area (Å²) < 4.78 is 0. The fraction of sp³-hybridized carbons (Fsp3) is 0. The Morgan fingerprint density at radius 1 is 1.15 bits per heavy atom. The average molecular weight is 219 g/mol. The van der Waals surface area contributed by atoms with Gasteiger partial charge < -0.3 is 15.2 Å². The highest BCUT2D eigenvalue weighted by molar-refractivity contribution is 6.46. The summed E-state index contributed by atoms with van der Waals surface area (Å²) in [6, 6.07) is 0. The summed E-state index contributed by atoms with van der Waals surface area (Å²) in [4.78, 5) is 6.47. The van der Waals surface area contributed by atoms with E-state index in [-0.39, 0.29) is 21.3 Å². The number of aromatic amines is 1. The smallest absolute Gasteiger partial charge is 0.185 e. The van der Waals surface area contributed by atoms with Gasteiger partial charge in [0.15, 0.2) is 11.5 Å². The third kappa shape index (κ3) is 1.03. The topological polar surface area (TPSA) is 69.1 Å². The highest BCUT2D eigenvalue weighted by Gasteiger charge is 2.17. The number of phenolic OH excluding ortho intramolecular Hbond substituents is 2. The van der Waals surface area contributed by atoms with Crippen LogP contribution in [0.2, 0.25) is 10.0 Å². The van der Waals surface area contributed by atoms with E-state index in [0.717, 1.165) is 0 Å². The molecule has 0 atom stereocenters. The summed E-state index contributed by atoms with van der Waals surface area (Å²) >= 11 is 11.4. The third-order valence-electron chi connectivity index (χ3n) is 1.71. The second-order valence-corrected chi connectivity index (χ2v) is 3.21. The van der Waals surface area contributed by atoms with Crippen molar-refractivity contribution in [3.63, 3.8) is 0 Å². The van der Waals surface area contributed by atoms with Crippen LogP contribution in [0, 0.1) is 0 Å². The molecule has 3 N–H and O–H groups in total. The van der Waals surface area contributed by atoms with E-state index in [1.807, 2.05) is 0 Å². The molecule has 0 amide bonds. The van der Waals surface area contributed by atoms with Crippen LogP contribution in [-0.4, -0.2) is 20.2 Å². The Hall–Kier alpha value is -1.13. The Labute approximate surface area is 82.7 Å². The maximum atomic E-state index is 9.39. The molecule has 0 fully saturated rings. The van der Waals surface area contributed by atoms with Gasteiger partial charge in [-0.2, -0.15) is 0 Å². The van der Waals surface area contributed by atoms with Crippen LogP contribution in [0.5, 0.6) is 11.5 Å². The molecule has 68 valence electrons. The molecule has 0 aliphatic heterocycles. The van der Waals surface area contributed by atoms with Crippen LogP contribution in [0.25, 0.3) is 11.0 Å². The second kappa shape index (κ2) is 2.68. The largest absolute Gasteiger partial charge is 0.503 e. The van der Waals surface area contributed by atoms with Gasteiger partial charge in [0.1, 0.15) is 16.1 Å². The molecule has 0 spiro atoms. The normalized spacial score (nSPS) is 10.9. The van der Waals surface area contributed by atoms with E-state index in [1.165, 1.54) is 6.33 Å². The van der Waals surface area contributed by atoms with Crippen LogP contribution in [0.15, 0.2) is 6.33 Å². The lowest BCUT2D eigenvalue weighted by Crippen LogP contribution is -1.78. The van der Waals surface area contributed by atoms with E-state index >= 15 is 0 Å². The molecule has 0 saturated carbocycles. The number of aromatic hydroxyl groups is 2. The van der Waals surface area contributed by atoms with Crippen LogP contribution in [0.3, 0.4) is 0 Å². The minimum atomic E-state index is -0.441.